The van der Waals surface area contributed by atoms with Crippen molar-refractivity contribution in [2.45, 2.75) is 33.2 Å². The second-order valence-corrected chi connectivity index (χ2v) is 5.20. The predicted octanol–water partition coefficient (Wildman–Crippen LogP) is 3.74. The molecule has 0 saturated carbocycles. The van der Waals surface area contributed by atoms with Gasteiger partial charge >= 0.3 is 0 Å². The van der Waals surface area contributed by atoms with E-state index in [4.69, 9.17) is 11.6 Å². The van der Waals surface area contributed by atoms with Gasteiger partial charge in [0.1, 0.15) is 5.82 Å². The molecular formula is C10H15BrClN3. The van der Waals surface area contributed by atoms with Gasteiger partial charge in [-0.3, -0.25) is 0 Å². The molecule has 0 fully saturated rings. The minimum atomic E-state index is 0.262. The molecule has 0 amide bonds. The molecule has 0 saturated heterocycles. The summed E-state index contributed by atoms with van der Waals surface area (Å²) in [6, 6.07) is 0.368. The molecule has 0 radical (unpaired) electrons. The number of nitrogens with zero attached hydrogens (tertiary/aromatic N) is 2. The molecule has 84 valence electrons. The molecule has 15 heavy (non-hydrogen) atoms. The van der Waals surface area contributed by atoms with Crippen molar-refractivity contribution in [1.29, 1.82) is 0 Å². The molecule has 0 aliphatic carbocycles. The van der Waals surface area contributed by atoms with Crippen molar-refractivity contribution >= 4 is 33.3 Å². The van der Waals surface area contributed by atoms with Crippen LogP contribution < -0.4 is 5.32 Å². The lowest BCUT2D eigenvalue weighted by molar-refractivity contribution is 0.538. The van der Waals surface area contributed by atoms with Gasteiger partial charge in [0.2, 0.25) is 5.28 Å². The third kappa shape index (κ3) is 4.34. The lowest BCUT2D eigenvalue weighted by atomic mass is 10.1. The van der Waals surface area contributed by atoms with Crippen LogP contribution in [-0.2, 0) is 0 Å². The molecule has 0 aliphatic rings. The van der Waals surface area contributed by atoms with Crippen LogP contribution in [0.3, 0.4) is 0 Å². The number of halogens is 2. The zero-order valence-corrected chi connectivity index (χ0v) is 11.4. The van der Waals surface area contributed by atoms with Gasteiger partial charge in [0.25, 0.3) is 0 Å². The topological polar surface area (TPSA) is 37.8 Å². The molecule has 0 spiro atoms. The molecule has 1 rings (SSSR count). The number of hydrogen-bond acceptors (Lipinski definition) is 3. The predicted molar refractivity (Wildman–Crippen MR) is 67.3 cm³/mol. The van der Waals surface area contributed by atoms with Crippen LogP contribution in [0.1, 0.15) is 27.2 Å². The van der Waals surface area contributed by atoms with Crippen molar-refractivity contribution in [1.82, 2.24) is 9.97 Å². The summed E-state index contributed by atoms with van der Waals surface area (Å²) in [5.41, 5.74) is 0. The summed E-state index contributed by atoms with van der Waals surface area (Å²) in [5.74, 6) is 1.41. The van der Waals surface area contributed by atoms with E-state index in [9.17, 15) is 0 Å². The van der Waals surface area contributed by atoms with Crippen molar-refractivity contribution < 1.29 is 0 Å². The van der Waals surface area contributed by atoms with Crippen molar-refractivity contribution in [3.63, 3.8) is 0 Å². The number of anilines is 1. The van der Waals surface area contributed by atoms with Crippen molar-refractivity contribution in [3.05, 3.63) is 16.0 Å². The Morgan fingerprint density at radius 1 is 1.47 bits per heavy atom. The average Bonchev–Trinajstić information content (AvgIpc) is 2.10. The molecule has 1 unspecified atom stereocenters. The van der Waals surface area contributed by atoms with Gasteiger partial charge in [-0.25, -0.2) is 4.98 Å². The molecule has 3 nitrogen and oxygen atoms in total. The van der Waals surface area contributed by atoms with Crippen molar-refractivity contribution in [3.8, 4) is 0 Å². The highest BCUT2D eigenvalue weighted by atomic mass is 79.9. The Morgan fingerprint density at radius 2 is 2.13 bits per heavy atom. The summed E-state index contributed by atoms with van der Waals surface area (Å²) < 4.78 is 0.836. The Kier molecular flexibility index (Phi) is 4.80. The highest BCUT2D eigenvalue weighted by Crippen LogP contribution is 2.21. The first kappa shape index (κ1) is 12.7. The monoisotopic (exact) mass is 291 g/mol. The van der Waals surface area contributed by atoms with E-state index >= 15 is 0 Å². The third-order valence-corrected chi connectivity index (χ3v) is 2.69. The van der Waals surface area contributed by atoms with Gasteiger partial charge in [-0.15, -0.1) is 0 Å². The molecule has 1 atom stereocenters. The number of nitrogens with one attached hydrogen (secondary N) is 1. The standard InChI is InChI=1S/C10H15BrClN3/c1-6(2)4-7(3)14-9-8(11)5-13-10(12)15-9/h5-7H,4H2,1-3H3,(H,13,14,15). The highest BCUT2D eigenvalue weighted by Gasteiger charge is 2.09. The molecule has 5 heteroatoms. The number of hydrogen-bond donors (Lipinski definition) is 1. The molecule has 0 aliphatic heterocycles. The maximum Gasteiger partial charge on any atom is 0.224 e. The summed E-state index contributed by atoms with van der Waals surface area (Å²) in [5, 5.41) is 3.56. The van der Waals surface area contributed by atoms with Crippen LogP contribution in [-0.4, -0.2) is 16.0 Å². The molecule has 1 heterocycles. The fourth-order valence-electron chi connectivity index (χ4n) is 1.45. The Bertz CT molecular complexity index is 330. The first-order valence-electron chi connectivity index (χ1n) is 4.93. The first-order chi connectivity index (χ1) is 6.99. The van der Waals surface area contributed by atoms with E-state index in [1.165, 1.54) is 0 Å². The Labute approximate surface area is 104 Å². The lowest BCUT2D eigenvalue weighted by Crippen LogP contribution is -2.18. The second-order valence-electron chi connectivity index (χ2n) is 4.01. The fraction of sp³-hybridized carbons (Fsp3) is 0.600. The van der Waals surface area contributed by atoms with E-state index in [-0.39, 0.29) is 5.28 Å². The van der Waals surface area contributed by atoms with E-state index in [0.717, 1.165) is 16.7 Å². The average molecular weight is 293 g/mol. The van der Waals surface area contributed by atoms with Crippen LogP contribution in [0.4, 0.5) is 5.82 Å². The summed E-state index contributed by atoms with van der Waals surface area (Å²) in [4.78, 5) is 7.99. The van der Waals surface area contributed by atoms with Crippen molar-refractivity contribution in [2.75, 3.05) is 5.32 Å². The van der Waals surface area contributed by atoms with E-state index in [0.29, 0.717) is 12.0 Å². The SMILES string of the molecule is CC(C)CC(C)Nc1nc(Cl)ncc1Br. The normalized spacial score (nSPS) is 12.9. The largest absolute Gasteiger partial charge is 0.367 e. The van der Waals surface area contributed by atoms with Gasteiger partial charge < -0.3 is 5.32 Å². The van der Waals surface area contributed by atoms with Gasteiger partial charge in [0.15, 0.2) is 0 Å². The lowest BCUT2D eigenvalue weighted by Gasteiger charge is -2.17. The molecule has 0 aromatic carbocycles. The van der Waals surface area contributed by atoms with Gasteiger partial charge in [-0.1, -0.05) is 13.8 Å². The second kappa shape index (κ2) is 5.66. The van der Waals surface area contributed by atoms with Gasteiger partial charge in [-0.2, -0.15) is 4.98 Å². The number of rotatable bonds is 4. The minimum absolute atomic E-state index is 0.262. The Morgan fingerprint density at radius 3 is 2.73 bits per heavy atom. The van der Waals surface area contributed by atoms with Gasteiger partial charge in [0, 0.05) is 12.2 Å². The summed E-state index contributed by atoms with van der Waals surface area (Å²) in [6.45, 7) is 6.52. The molecular weight excluding hydrogens is 277 g/mol. The summed E-state index contributed by atoms with van der Waals surface area (Å²) >= 11 is 9.10. The smallest absolute Gasteiger partial charge is 0.224 e. The van der Waals surface area contributed by atoms with Crippen LogP contribution in [0, 0.1) is 5.92 Å². The third-order valence-electron chi connectivity index (χ3n) is 1.92. The molecule has 1 aromatic heterocycles. The maximum absolute atomic E-state index is 5.72. The van der Waals surface area contributed by atoms with E-state index in [2.05, 4.69) is 52.0 Å². The zero-order chi connectivity index (χ0) is 11.4. The first-order valence-corrected chi connectivity index (χ1v) is 6.10. The van der Waals surface area contributed by atoms with Crippen LogP contribution in [0.25, 0.3) is 0 Å². The Hall–Kier alpha value is -0.350. The Balaban J connectivity index is 2.67. The van der Waals surface area contributed by atoms with Gasteiger partial charge in [0.05, 0.1) is 4.47 Å². The quantitative estimate of drug-likeness (QED) is 0.859. The van der Waals surface area contributed by atoms with Gasteiger partial charge in [-0.05, 0) is 46.8 Å². The van der Waals surface area contributed by atoms with E-state index in [1.54, 1.807) is 6.20 Å². The van der Waals surface area contributed by atoms with Crippen LogP contribution in [0.5, 0.6) is 0 Å². The van der Waals surface area contributed by atoms with Crippen LogP contribution in [0.15, 0.2) is 10.7 Å². The molecule has 1 aromatic rings. The van der Waals surface area contributed by atoms with Crippen LogP contribution in [0.2, 0.25) is 5.28 Å². The van der Waals surface area contributed by atoms with E-state index < -0.39 is 0 Å². The minimum Gasteiger partial charge on any atom is -0.367 e. The van der Waals surface area contributed by atoms with Crippen molar-refractivity contribution in [2.24, 2.45) is 5.92 Å². The maximum atomic E-state index is 5.72. The van der Waals surface area contributed by atoms with E-state index in [1.807, 2.05) is 0 Å². The van der Waals surface area contributed by atoms with Crippen LogP contribution >= 0.6 is 27.5 Å². The fourth-order valence-corrected chi connectivity index (χ4v) is 1.89. The zero-order valence-electron chi connectivity index (χ0n) is 9.09. The summed E-state index contributed by atoms with van der Waals surface area (Å²) in [7, 11) is 0. The highest BCUT2D eigenvalue weighted by molar-refractivity contribution is 9.10. The number of aromatic nitrogens is 2. The summed E-state index contributed by atoms with van der Waals surface area (Å²) in [6.07, 6.45) is 2.74. The molecule has 1 N–H and O–H groups in total. The molecule has 0 bridgehead atoms.